The van der Waals surface area contributed by atoms with E-state index in [0.717, 1.165) is 0 Å². The molecule has 4 N–H and O–H groups in total. The molecule has 0 aliphatic carbocycles. The van der Waals surface area contributed by atoms with Gasteiger partial charge in [0.2, 0.25) is 0 Å². The Labute approximate surface area is 110 Å². The quantitative estimate of drug-likeness (QED) is 0.601. The van der Waals surface area contributed by atoms with Crippen molar-refractivity contribution in [3.63, 3.8) is 0 Å². The van der Waals surface area contributed by atoms with Crippen LogP contribution in [0.2, 0.25) is 0 Å². The number of benzene rings is 1. The fraction of sp³-hybridized carbons (Fsp3) is 0.333. The molecule has 1 unspecified atom stereocenters. The summed E-state index contributed by atoms with van der Waals surface area (Å²) in [5.41, 5.74) is -0.245. The van der Waals surface area contributed by atoms with Gasteiger partial charge in [0, 0.05) is 13.7 Å². The predicted octanol–water partition coefficient (Wildman–Crippen LogP) is 1.25. The second-order valence-electron chi connectivity index (χ2n) is 3.89. The lowest BCUT2D eigenvalue weighted by atomic mass is 10.1. The van der Waals surface area contributed by atoms with Gasteiger partial charge in [-0.1, -0.05) is 6.07 Å². The van der Waals surface area contributed by atoms with Crippen molar-refractivity contribution in [3.05, 3.63) is 23.8 Å². The van der Waals surface area contributed by atoms with Gasteiger partial charge in [-0.15, -0.1) is 0 Å². The number of carboxylic acid groups (broad SMARTS) is 1. The van der Waals surface area contributed by atoms with Gasteiger partial charge in [-0.2, -0.15) is 0 Å². The number of urea groups is 1. The molecule has 1 aromatic rings. The summed E-state index contributed by atoms with van der Waals surface area (Å²) in [6.45, 7) is 2.07. The van der Waals surface area contributed by atoms with E-state index in [-0.39, 0.29) is 17.4 Å². The Bertz CT molecular complexity index is 475. The van der Waals surface area contributed by atoms with Gasteiger partial charge in [0.1, 0.15) is 5.56 Å². The molecule has 1 atom stereocenters. The lowest BCUT2D eigenvalue weighted by Gasteiger charge is -2.13. The van der Waals surface area contributed by atoms with Crippen molar-refractivity contribution in [1.29, 1.82) is 0 Å². The Kier molecular flexibility index (Phi) is 5.13. The Morgan fingerprint density at radius 2 is 2.11 bits per heavy atom. The van der Waals surface area contributed by atoms with Gasteiger partial charge in [-0.05, 0) is 19.1 Å². The van der Waals surface area contributed by atoms with Crippen LogP contribution in [-0.4, -0.2) is 42.0 Å². The molecule has 0 saturated carbocycles. The number of methoxy groups -OCH3 is 1. The van der Waals surface area contributed by atoms with E-state index in [1.54, 1.807) is 6.92 Å². The number of ether oxygens (including phenoxy) is 1. The summed E-state index contributed by atoms with van der Waals surface area (Å²) in [4.78, 5) is 22.3. The molecule has 0 spiro atoms. The molecule has 0 bridgehead atoms. The maximum Gasteiger partial charge on any atom is 0.339 e. The number of hydrogen-bond acceptors (Lipinski definition) is 4. The van der Waals surface area contributed by atoms with Crippen LogP contribution in [0, 0.1) is 0 Å². The van der Waals surface area contributed by atoms with Gasteiger partial charge in [-0.25, -0.2) is 9.59 Å². The summed E-state index contributed by atoms with van der Waals surface area (Å²) in [7, 11) is 1.52. The van der Waals surface area contributed by atoms with Crippen LogP contribution in [0.1, 0.15) is 17.3 Å². The number of amides is 2. The number of phenols is 1. The number of hydrogen-bond donors (Lipinski definition) is 4. The van der Waals surface area contributed by atoms with Gasteiger partial charge < -0.3 is 25.6 Å². The van der Waals surface area contributed by atoms with Crippen LogP contribution in [0.4, 0.5) is 10.5 Å². The molecule has 0 heterocycles. The van der Waals surface area contributed by atoms with Crippen LogP contribution in [-0.2, 0) is 4.74 Å². The van der Waals surface area contributed by atoms with Crippen molar-refractivity contribution in [1.82, 2.24) is 5.32 Å². The molecule has 0 fully saturated rings. The summed E-state index contributed by atoms with van der Waals surface area (Å²) in [5, 5.41) is 23.4. The number of para-hydroxylation sites is 1. The second-order valence-corrected chi connectivity index (χ2v) is 3.89. The predicted molar refractivity (Wildman–Crippen MR) is 68.6 cm³/mol. The highest BCUT2D eigenvalue weighted by molar-refractivity contribution is 5.97. The minimum Gasteiger partial charge on any atom is -0.505 e. The zero-order chi connectivity index (χ0) is 14.4. The summed E-state index contributed by atoms with van der Waals surface area (Å²) in [6.07, 6.45) is -0.148. The topological polar surface area (TPSA) is 108 Å². The van der Waals surface area contributed by atoms with Crippen molar-refractivity contribution in [2.45, 2.75) is 13.0 Å². The van der Waals surface area contributed by atoms with E-state index < -0.39 is 17.7 Å². The largest absolute Gasteiger partial charge is 0.505 e. The van der Waals surface area contributed by atoms with Crippen molar-refractivity contribution >= 4 is 17.7 Å². The van der Waals surface area contributed by atoms with Crippen LogP contribution in [0.5, 0.6) is 5.75 Å². The van der Waals surface area contributed by atoms with Gasteiger partial charge in [0.05, 0.1) is 11.8 Å². The van der Waals surface area contributed by atoms with Crippen LogP contribution in [0.15, 0.2) is 18.2 Å². The third-order valence-electron chi connectivity index (χ3n) is 2.47. The smallest absolute Gasteiger partial charge is 0.339 e. The van der Waals surface area contributed by atoms with E-state index in [2.05, 4.69) is 10.6 Å². The first kappa shape index (κ1) is 14.8. The number of nitrogens with one attached hydrogen (secondary N) is 2. The average Bonchev–Trinajstić information content (AvgIpc) is 2.38. The molecule has 7 nitrogen and oxygen atoms in total. The minimum absolute atomic E-state index is 0.0301. The van der Waals surface area contributed by atoms with Crippen LogP contribution >= 0.6 is 0 Å². The molecule has 7 heteroatoms. The van der Waals surface area contributed by atoms with Crippen LogP contribution in [0.3, 0.4) is 0 Å². The average molecular weight is 268 g/mol. The molecular formula is C12H16N2O5. The number of carboxylic acids is 1. The van der Waals surface area contributed by atoms with Gasteiger partial charge in [-0.3, -0.25) is 0 Å². The first-order valence-electron chi connectivity index (χ1n) is 5.58. The Hall–Kier alpha value is -2.28. The highest BCUT2D eigenvalue weighted by Gasteiger charge is 2.14. The zero-order valence-corrected chi connectivity index (χ0v) is 10.6. The second kappa shape index (κ2) is 6.60. The normalized spacial score (nSPS) is 11.7. The Balaban J connectivity index is 2.69. The van der Waals surface area contributed by atoms with E-state index >= 15 is 0 Å². The molecule has 1 aromatic carbocycles. The van der Waals surface area contributed by atoms with E-state index in [4.69, 9.17) is 9.84 Å². The third-order valence-corrected chi connectivity index (χ3v) is 2.47. The molecule has 0 aromatic heterocycles. The van der Waals surface area contributed by atoms with Crippen molar-refractivity contribution in [3.8, 4) is 5.75 Å². The summed E-state index contributed by atoms with van der Waals surface area (Å²) >= 11 is 0. The van der Waals surface area contributed by atoms with E-state index in [9.17, 15) is 14.7 Å². The first-order valence-corrected chi connectivity index (χ1v) is 5.58. The lowest BCUT2D eigenvalue weighted by Crippen LogP contribution is -2.34. The van der Waals surface area contributed by atoms with Crippen LogP contribution < -0.4 is 10.6 Å². The summed E-state index contributed by atoms with van der Waals surface area (Å²) < 4.78 is 4.96. The minimum atomic E-state index is -1.27. The monoisotopic (exact) mass is 268 g/mol. The molecule has 19 heavy (non-hydrogen) atoms. The number of carbonyl (C=O) groups excluding carboxylic acids is 1. The van der Waals surface area contributed by atoms with Gasteiger partial charge in [0.15, 0.2) is 5.75 Å². The molecule has 0 radical (unpaired) electrons. The number of carbonyl (C=O) groups is 2. The zero-order valence-electron chi connectivity index (χ0n) is 10.6. The highest BCUT2D eigenvalue weighted by Crippen LogP contribution is 2.27. The standard InChI is InChI=1S/C12H16N2O5/c1-7(19-2)6-13-12(18)14-9-5-3-4-8(10(9)15)11(16)17/h3-5,7,15H,6H2,1-2H3,(H,16,17)(H2,13,14,18). The summed E-state index contributed by atoms with van der Waals surface area (Å²) in [5.74, 6) is -1.75. The molecule has 1 rings (SSSR count). The Morgan fingerprint density at radius 3 is 2.68 bits per heavy atom. The fourth-order valence-electron chi connectivity index (χ4n) is 1.30. The van der Waals surface area contributed by atoms with Crippen LogP contribution in [0.25, 0.3) is 0 Å². The van der Waals surface area contributed by atoms with Crippen molar-refractivity contribution in [2.24, 2.45) is 0 Å². The lowest BCUT2D eigenvalue weighted by molar-refractivity contribution is 0.0693. The summed E-state index contributed by atoms with van der Waals surface area (Å²) in [6, 6.07) is 3.52. The number of aromatic hydroxyl groups is 1. The van der Waals surface area contributed by atoms with Crippen molar-refractivity contribution < 1.29 is 24.5 Å². The van der Waals surface area contributed by atoms with E-state index in [1.165, 1.54) is 25.3 Å². The maximum atomic E-state index is 11.5. The molecular weight excluding hydrogens is 252 g/mol. The fourth-order valence-corrected chi connectivity index (χ4v) is 1.30. The third kappa shape index (κ3) is 4.14. The SMILES string of the molecule is COC(C)CNC(=O)Nc1cccc(C(=O)O)c1O. The molecule has 0 aliphatic rings. The number of rotatable bonds is 5. The number of aromatic carboxylic acids is 1. The van der Waals surface area contributed by atoms with E-state index in [0.29, 0.717) is 6.54 Å². The highest BCUT2D eigenvalue weighted by atomic mass is 16.5. The molecule has 0 saturated heterocycles. The van der Waals surface area contributed by atoms with Gasteiger partial charge in [0.25, 0.3) is 0 Å². The molecule has 0 aliphatic heterocycles. The maximum absolute atomic E-state index is 11.5. The van der Waals surface area contributed by atoms with Gasteiger partial charge >= 0.3 is 12.0 Å². The molecule has 104 valence electrons. The van der Waals surface area contributed by atoms with E-state index in [1.807, 2.05) is 0 Å². The first-order chi connectivity index (χ1) is 8.95. The van der Waals surface area contributed by atoms with Crippen molar-refractivity contribution in [2.75, 3.05) is 19.0 Å². The molecule has 2 amide bonds. The Morgan fingerprint density at radius 1 is 1.42 bits per heavy atom. The number of anilines is 1.